The molecule has 2 unspecified atom stereocenters. The Morgan fingerprint density at radius 1 is 1.18 bits per heavy atom. The van der Waals surface area contributed by atoms with Crippen molar-refractivity contribution in [3.63, 3.8) is 0 Å². The second-order valence-corrected chi connectivity index (χ2v) is 5.62. The van der Waals surface area contributed by atoms with E-state index in [1.807, 2.05) is 0 Å². The lowest BCUT2D eigenvalue weighted by atomic mass is 9.93. The summed E-state index contributed by atoms with van der Waals surface area (Å²) in [6, 6.07) is 1.00. The smallest absolute Gasteiger partial charge is 0.308 e. The molecule has 1 N–H and O–H groups in total. The number of hydrogen-bond donors (Lipinski definition) is 1. The molecule has 0 aliphatic heterocycles. The number of rotatable bonds is 5. The highest BCUT2D eigenvalue weighted by Gasteiger charge is 2.39. The van der Waals surface area contributed by atoms with Gasteiger partial charge < -0.3 is 5.11 Å². The summed E-state index contributed by atoms with van der Waals surface area (Å²) >= 11 is 0. The van der Waals surface area contributed by atoms with Gasteiger partial charge in [0, 0.05) is 12.1 Å². The Hall–Kier alpha value is -0.570. The van der Waals surface area contributed by atoms with Crippen molar-refractivity contribution in [2.24, 2.45) is 5.92 Å². The zero-order valence-electron chi connectivity index (χ0n) is 10.9. The molecule has 2 rings (SSSR count). The first-order valence-electron chi connectivity index (χ1n) is 7.22. The molecule has 98 valence electrons. The van der Waals surface area contributed by atoms with Gasteiger partial charge in [0.15, 0.2) is 0 Å². The minimum absolute atomic E-state index is 0.121. The van der Waals surface area contributed by atoms with Gasteiger partial charge in [-0.25, -0.2) is 0 Å². The lowest BCUT2D eigenvalue weighted by Gasteiger charge is -2.34. The Balaban J connectivity index is 2.08. The number of carboxylic acids is 1. The summed E-state index contributed by atoms with van der Waals surface area (Å²) in [4.78, 5) is 14.0. The fourth-order valence-electron chi connectivity index (χ4n) is 3.26. The largest absolute Gasteiger partial charge is 0.481 e. The third-order valence-electron chi connectivity index (χ3n) is 4.22. The van der Waals surface area contributed by atoms with E-state index in [1.54, 1.807) is 0 Å². The van der Waals surface area contributed by atoms with Crippen LogP contribution in [0.1, 0.15) is 58.3 Å². The fraction of sp³-hybridized carbons (Fsp3) is 0.929. The van der Waals surface area contributed by atoms with Gasteiger partial charge in [0.05, 0.1) is 5.92 Å². The van der Waals surface area contributed by atoms with Gasteiger partial charge in [0.2, 0.25) is 0 Å². The summed E-state index contributed by atoms with van der Waals surface area (Å²) in [7, 11) is 0. The standard InChI is InChI=1S/C14H25NO2/c1-2-10-15(11-8-9-11)13-7-5-3-4-6-12(13)14(16)17/h11-13H,2-10H2,1H3,(H,16,17). The van der Waals surface area contributed by atoms with Crippen molar-refractivity contribution in [3.8, 4) is 0 Å². The average molecular weight is 239 g/mol. The van der Waals surface area contributed by atoms with E-state index in [1.165, 1.54) is 25.7 Å². The first-order valence-corrected chi connectivity index (χ1v) is 7.22. The minimum atomic E-state index is -0.571. The molecule has 3 heteroatoms. The molecule has 2 atom stereocenters. The van der Waals surface area contributed by atoms with E-state index in [9.17, 15) is 9.90 Å². The van der Waals surface area contributed by atoms with E-state index in [4.69, 9.17) is 0 Å². The van der Waals surface area contributed by atoms with Crippen LogP contribution in [-0.4, -0.2) is 34.6 Å². The van der Waals surface area contributed by atoms with Crippen molar-refractivity contribution in [1.29, 1.82) is 0 Å². The predicted octanol–water partition coefficient (Wildman–Crippen LogP) is 2.89. The molecule has 0 saturated heterocycles. The molecule has 0 aromatic heterocycles. The maximum atomic E-state index is 11.4. The van der Waals surface area contributed by atoms with Gasteiger partial charge in [0.25, 0.3) is 0 Å². The summed E-state index contributed by atoms with van der Waals surface area (Å²) in [5, 5.41) is 9.43. The van der Waals surface area contributed by atoms with Crippen molar-refractivity contribution in [2.75, 3.05) is 6.54 Å². The van der Waals surface area contributed by atoms with Gasteiger partial charge in [-0.2, -0.15) is 0 Å². The molecule has 0 aromatic rings. The summed E-state index contributed by atoms with van der Waals surface area (Å²) in [5.41, 5.74) is 0. The van der Waals surface area contributed by atoms with Gasteiger partial charge in [-0.05, 0) is 38.6 Å². The van der Waals surface area contributed by atoms with Crippen LogP contribution < -0.4 is 0 Å². The van der Waals surface area contributed by atoms with Crippen LogP contribution in [0, 0.1) is 5.92 Å². The predicted molar refractivity (Wildman–Crippen MR) is 68.0 cm³/mol. The summed E-state index contributed by atoms with van der Waals surface area (Å²) in [6.07, 6.45) is 9.19. The Morgan fingerprint density at radius 2 is 1.88 bits per heavy atom. The normalized spacial score (nSPS) is 30.2. The molecule has 0 radical (unpaired) electrons. The molecule has 2 aliphatic rings. The van der Waals surface area contributed by atoms with Crippen LogP contribution >= 0.6 is 0 Å². The molecule has 17 heavy (non-hydrogen) atoms. The van der Waals surface area contributed by atoms with E-state index in [-0.39, 0.29) is 5.92 Å². The molecule has 0 bridgehead atoms. The third-order valence-corrected chi connectivity index (χ3v) is 4.22. The molecule has 0 heterocycles. The maximum absolute atomic E-state index is 11.4. The lowest BCUT2D eigenvalue weighted by molar-refractivity contribution is -0.144. The fourth-order valence-corrected chi connectivity index (χ4v) is 3.26. The molecule has 0 spiro atoms. The summed E-state index contributed by atoms with van der Waals surface area (Å²) in [5.74, 6) is -0.691. The molecule has 2 fully saturated rings. The lowest BCUT2D eigenvalue weighted by Crippen LogP contribution is -2.44. The highest BCUT2D eigenvalue weighted by Crippen LogP contribution is 2.35. The zero-order valence-corrected chi connectivity index (χ0v) is 10.9. The van der Waals surface area contributed by atoms with Crippen LogP contribution in [0.5, 0.6) is 0 Å². The first kappa shape index (κ1) is 12.9. The second kappa shape index (κ2) is 5.85. The van der Waals surface area contributed by atoms with Crippen molar-refractivity contribution in [2.45, 2.75) is 70.4 Å². The Morgan fingerprint density at radius 3 is 2.47 bits per heavy atom. The zero-order chi connectivity index (χ0) is 12.3. The van der Waals surface area contributed by atoms with Crippen LogP contribution in [-0.2, 0) is 4.79 Å². The van der Waals surface area contributed by atoms with Gasteiger partial charge in [-0.15, -0.1) is 0 Å². The number of hydrogen-bond acceptors (Lipinski definition) is 2. The second-order valence-electron chi connectivity index (χ2n) is 5.62. The Kier molecular flexibility index (Phi) is 4.43. The number of aliphatic carboxylic acids is 1. The number of nitrogens with zero attached hydrogens (tertiary/aromatic N) is 1. The van der Waals surface area contributed by atoms with Crippen LogP contribution in [0.15, 0.2) is 0 Å². The summed E-state index contributed by atoms with van der Waals surface area (Å²) in [6.45, 7) is 3.28. The molecular weight excluding hydrogens is 214 g/mol. The van der Waals surface area contributed by atoms with E-state index >= 15 is 0 Å². The van der Waals surface area contributed by atoms with Gasteiger partial charge in [-0.3, -0.25) is 9.69 Å². The van der Waals surface area contributed by atoms with Crippen molar-refractivity contribution in [3.05, 3.63) is 0 Å². The minimum Gasteiger partial charge on any atom is -0.481 e. The number of carbonyl (C=O) groups is 1. The first-order chi connectivity index (χ1) is 8.24. The van der Waals surface area contributed by atoms with E-state index in [0.717, 1.165) is 32.2 Å². The van der Waals surface area contributed by atoms with E-state index in [2.05, 4.69) is 11.8 Å². The highest BCUT2D eigenvalue weighted by molar-refractivity contribution is 5.71. The van der Waals surface area contributed by atoms with Crippen LogP contribution in [0.25, 0.3) is 0 Å². The van der Waals surface area contributed by atoms with Gasteiger partial charge in [0.1, 0.15) is 0 Å². The third kappa shape index (κ3) is 3.21. The molecular formula is C14H25NO2. The molecule has 2 saturated carbocycles. The van der Waals surface area contributed by atoms with Gasteiger partial charge in [-0.1, -0.05) is 26.2 Å². The number of carboxylic acid groups (broad SMARTS) is 1. The van der Waals surface area contributed by atoms with E-state index < -0.39 is 5.97 Å². The van der Waals surface area contributed by atoms with Crippen LogP contribution in [0.4, 0.5) is 0 Å². The van der Waals surface area contributed by atoms with E-state index in [0.29, 0.717) is 12.1 Å². The molecule has 3 nitrogen and oxygen atoms in total. The van der Waals surface area contributed by atoms with Crippen LogP contribution in [0.2, 0.25) is 0 Å². The highest BCUT2D eigenvalue weighted by atomic mass is 16.4. The van der Waals surface area contributed by atoms with Gasteiger partial charge >= 0.3 is 5.97 Å². The maximum Gasteiger partial charge on any atom is 0.308 e. The Labute approximate surface area is 104 Å². The quantitative estimate of drug-likeness (QED) is 0.750. The monoisotopic (exact) mass is 239 g/mol. The average Bonchev–Trinajstić information content (AvgIpc) is 3.12. The molecule has 0 aromatic carbocycles. The van der Waals surface area contributed by atoms with Crippen molar-refractivity contribution >= 4 is 5.97 Å². The summed E-state index contributed by atoms with van der Waals surface area (Å²) < 4.78 is 0. The van der Waals surface area contributed by atoms with Crippen molar-refractivity contribution in [1.82, 2.24) is 4.90 Å². The molecule has 0 amide bonds. The van der Waals surface area contributed by atoms with Crippen molar-refractivity contribution < 1.29 is 9.90 Å². The van der Waals surface area contributed by atoms with Crippen LogP contribution in [0.3, 0.4) is 0 Å². The topological polar surface area (TPSA) is 40.5 Å². The SMILES string of the molecule is CCCN(C1CC1)C1CCCCCC1C(=O)O. The Bertz CT molecular complexity index is 263. The molecule has 2 aliphatic carbocycles.